The molecule has 2 N–H and O–H groups in total. The van der Waals surface area contributed by atoms with Crippen LogP contribution in [-0.4, -0.2) is 43.2 Å². The molecule has 1 unspecified atom stereocenters. The number of likely N-dealkylation sites (N-methyl/N-ethyl adjacent to an activating group) is 1. The Kier molecular flexibility index (Phi) is 4.11. The third kappa shape index (κ3) is 2.69. The number of carbonyl (C=O) groups excluding carboxylic acids is 1. The van der Waals surface area contributed by atoms with Gasteiger partial charge in [-0.3, -0.25) is 4.79 Å². The molecule has 1 aliphatic carbocycles. The van der Waals surface area contributed by atoms with E-state index in [0.29, 0.717) is 12.5 Å². The lowest BCUT2D eigenvalue weighted by molar-refractivity contribution is -0.148. The van der Waals surface area contributed by atoms with E-state index in [9.17, 15) is 4.79 Å². The maximum absolute atomic E-state index is 11.7. The molecule has 1 rings (SSSR count). The Hall–Kier alpha value is -0.610. The summed E-state index contributed by atoms with van der Waals surface area (Å²) in [6.45, 7) is 6.60. The molecule has 4 nitrogen and oxygen atoms in total. The van der Waals surface area contributed by atoms with Crippen LogP contribution in [0.2, 0.25) is 0 Å². The van der Waals surface area contributed by atoms with E-state index in [0.717, 1.165) is 25.9 Å². The lowest BCUT2D eigenvalue weighted by Gasteiger charge is -2.32. The quantitative estimate of drug-likeness (QED) is 0.658. The van der Waals surface area contributed by atoms with Gasteiger partial charge in [0.15, 0.2) is 0 Å². The normalized spacial score (nSPS) is 20.1. The first kappa shape index (κ1) is 12.5. The minimum atomic E-state index is -0.791. The van der Waals surface area contributed by atoms with Gasteiger partial charge in [-0.15, -0.1) is 0 Å². The number of rotatable bonds is 6. The summed E-state index contributed by atoms with van der Waals surface area (Å²) >= 11 is 0. The highest BCUT2D eigenvalue weighted by atomic mass is 16.5. The first-order valence-corrected chi connectivity index (χ1v) is 5.68. The maximum Gasteiger partial charge on any atom is 0.327 e. The predicted molar refractivity (Wildman–Crippen MR) is 59.4 cm³/mol. The molecule has 0 aliphatic heterocycles. The Morgan fingerprint density at radius 1 is 1.47 bits per heavy atom. The molecular weight excluding hydrogens is 192 g/mol. The molecule has 0 aromatic rings. The number of carbonyl (C=O) groups is 1. The van der Waals surface area contributed by atoms with E-state index in [1.54, 1.807) is 0 Å². The molecular formula is C11H22N2O2. The average molecular weight is 214 g/mol. The van der Waals surface area contributed by atoms with E-state index in [1.807, 2.05) is 0 Å². The lowest BCUT2D eigenvalue weighted by atomic mass is 9.93. The zero-order valence-electron chi connectivity index (χ0n) is 9.95. The SMILES string of the molecule is CCN(CC)CC(N)(C(=O)OC)C1CC1. The van der Waals surface area contributed by atoms with Gasteiger partial charge in [0.2, 0.25) is 0 Å². The van der Waals surface area contributed by atoms with E-state index in [1.165, 1.54) is 7.11 Å². The Morgan fingerprint density at radius 3 is 2.33 bits per heavy atom. The summed E-state index contributed by atoms with van der Waals surface area (Å²) in [5.74, 6) is 0.0439. The molecule has 1 atom stereocenters. The third-order valence-electron chi connectivity index (χ3n) is 3.25. The molecule has 0 aromatic heterocycles. The monoisotopic (exact) mass is 214 g/mol. The molecule has 1 aliphatic rings. The van der Waals surface area contributed by atoms with Crippen molar-refractivity contribution >= 4 is 5.97 Å². The molecule has 0 bridgehead atoms. The van der Waals surface area contributed by atoms with Crippen LogP contribution in [0.25, 0.3) is 0 Å². The van der Waals surface area contributed by atoms with Gasteiger partial charge in [0.05, 0.1) is 7.11 Å². The highest BCUT2D eigenvalue weighted by molar-refractivity contribution is 5.81. The highest BCUT2D eigenvalue weighted by Crippen LogP contribution is 2.39. The summed E-state index contributed by atoms with van der Waals surface area (Å²) in [7, 11) is 1.41. The van der Waals surface area contributed by atoms with Gasteiger partial charge in [-0.05, 0) is 31.8 Å². The van der Waals surface area contributed by atoms with Gasteiger partial charge >= 0.3 is 5.97 Å². The standard InChI is InChI=1S/C11H22N2O2/c1-4-13(5-2)8-11(12,9-6-7-9)10(14)15-3/h9H,4-8,12H2,1-3H3. The van der Waals surface area contributed by atoms with Gasteiger partial charge in [-0.25, -0.2) is 0 Å². The van der Waals surface area contributed by atoms with Crippen molar-refractivity contribution in [3.63, 3.8) is 0 Å². The third-order valence-corrected chi connectivity index (χ3v) is 3.25. The largest absolute Gasteiger partial charge is 0.468 e. The first-order valence-electron chi connectivity index (χ1n) is 5.68. The van der Waals surface area contributed by atoms with Crippen LogP contribution in [0.1, 0.15) is 26.7 Å². The van der Waals surface area contributed by atoms with Crippen molar-refractivity contribution in [1.82, 2.24) is 4.90 Å². The Labute approximate surface area is 91.8 Å². The Balaban J connectivity index is 2.68. The minimum absolute atomic E-state index is 0.267. The summed E-state index contributed by atoms with van der Waals surface area (Å²) in [6, 6.07) is 0. The average Bonchev–Trinajstić information content (AvgIpc) is 3.08. The van der Waals surface area contributed by atoms with E-state index in [-0.39, 0.29) is 5.97 Å². The van der Waals surface area contributed by atoms with Gasteiger partial charge in [-0.1, -0.05) is 13.8 Å². The van der Waals surface area contributed by atoms with Crippen LogP contribution in [0.15, 0.2) is 0 Å². The van der Waals surface area contributed by atoms with Crippen LogP contribution in [0.4, 0.5) is 0 Å². The second-order valence-corrected chi connectivity index (χ2v) is 4.27. The smallest absolute Gasteiger partial charge is 0.327 e. The van der Waals surface area contributed by atoms with Crippen molar-refractivity contribution in [3.8, 4) is 0 Å². The molecule has 4 heteroatoms. The van der Waals surface area contributed by atoms with E-state index >= 15 is 0 Å². The minimum Gasteiger partial charge on any atom is -0.468 e. The number of ether oxygens (including phenoxy) is 1. The van der Waals surface area contributed by atoms with E-state index in [2.05, 4.69) is 18.7 Å². The summed E-state index contributed by atoms with van der Waals surface area (Å²) in [5.41, 5.74) is 5.40. The van der Waals surface area contributed by atoms with Crippen molar-refractivity contribution < 1.29 is 9.53 Å². The maximum atomic E-state index is 11.7. The number of hydrogen-bond acceptors (Lipinski definition) is 4. The fraction of sp³-hybridized carbons (Fsp3) is 0.909. The van der Waals surface area contributed by atoms with Gasteiger partial charge < -0.3 is 15.4 Å². The van der Waals surface area contributed by atoms with Crippen LogP contribution in [0.5, 0.6) is 0 Å². The van der Waals surface area contributed by atoms with Crippen LogP contribution in [0.3, 0.4) is 0 Å². The van der Waals surface area contributed by atoms with E-state index < -0.39 is 5.54 Å². The molecule has 0 aromatic carbocycles. The van der Waals surface area contributed by atoms with Crippen molar-refractivity contribution in [2.45, 2.75) is 32.2 Å². The van der Waals surface area contributed by atoms with Crippen molar-refractivity contribution in [2.75, 3.05) is 26.7 Å². The number of esters is 1. The zero-order valence-corrected chi connectivity index (χ0v) is 9.95. The van der Waals surface area contributed by atoms with Crippen molar-refractivity contribution in [1.29, 1.82) is 0 Å². The summed E-state index contributed by atoms with van der Waals surface area (Å²) in [4.78, 5) is 13.9. The van der Waals surface area contributed by atoms with Crippen molar-refractivity contribution in [3.05, 3.63) is 0 Å². The van der Waals surface area contributed by atoms with Crippen LogP contribution < -0.4 is 5.73 Å². The molecule has 0 radical (unpaired) electrons. The Morgan fingerprint density at radius 2 is 2.00 bits per heavy atom. The number of hydrogen-bond donors (Lipinski definition) is 1. The van der Waals surface area contributed by atoms with Gasteiger partial charge in [0, 0.05) is 6.54 Å². The van der Waals surface area contributed by atoms with Crippen LogP contribution in [0, 0.1) is 5.92 Å². The molecule has 0 spiro atoms. The van der Waals surface area contributed by atoms with Crippen molar-refractivity contribution in [2.24, 2.45) is 11.7 Å². The van der Waals surface area contributed by atoms with Crippen LogP contribution in [-0.2, 0) is 9.53 Å². The van der Waals surface area contributed by atoms with Gasteiger partial charge in [0.1, 0.15) is 5.54 Å². The van der Waals surface area contributed by atoms with Crippen LogP contribution >= 0.6 is 0 Å². The fourth-order valence-corrected chi connectivity index (χ4v) is 1.97. The first-order chi connectivity index (χ1) is 7.08. The summed E-state index contributed by atoms with van der Waals surface area (Å²) in [5, 5.41) is 0. The number of nitrogens with zero attached hydrogens (tertiary/aromatic N) is 1. The number of methoxy groups -OCH3 is 1. The highest BCUT2D eigenvalue weighted by Gasteiger charge is 2.49. The Bertz CT molecular complexity index is 225. The summed E-state index contributed by atoms with van der Waals surface area (Å²) in [6.07, 6.45) is 2.10. The molecule has 0 amide bonds. The molecule has 0 heterocycles. The molecule has 88 valence electrons. The predicted octanol–water partition coefficient (Wildman–Crippen LogP) is 0.609. The second-order valence-electron chi connectivity index (χ2n) is 4.27. The van der Waals surface area contributed by atoms with Gasteiger partial charge in [0.25, 0.3) is 0 Å². The molecule has 1 saturated carbocycles. The van der Waals surface area contributed by atoms with E-state index in [4.69, 9.17) is 10.5 Å². The lowest BCUT2D eigenvalue weighted by Crippen LogP contribution is -2.58. The fourth-order valence-electron chi connectivity index (χ4n) is 1.97. The molecule has 0 saturated heterocycles. The zero-order chi connectivity index (χ0) is 11.5. The summed E-state index contributed by atoms with van der Waals surface area (Å²) < 4.78 is 4.82. The molecule has 15 heavy (non-hydrogen) atoms. The second kappa shape index (κ2) is 4.94. The molecule has 1 fully saturated rings. The number of nitrogens with two attached hydrogens (primary N) is 1. The van der Waals surface area contributed by atoms with Gasteiger partial charge in [-0.2, -0.15) is 0 Å². The topological polar surface area (TPSA) is 55.6 Å².